The maximum Gasteiger partial charge on any atom is 1.00 e. The van der Waals surface area contributed by atoms with E-state index in [9.17, 15) is 39.6 Å². The molecule has 12 atom stereocenters. The van der Waals surface area contributed by atoms with Gasteiger partial charge in [-0.1, -0.05) is 46.7 Å². The summed E-state index contributed by atoms with van der Waals surface area (Å²) in [5.74, 6) is 0.988. The number of nitrogens with two attached hydrogens (primary N) is 6. The van der Waals surface area contributed by atoms with Crippen molar-refractivity contribution in [2.75, 3.05) is 26.6 Å². The number of nitrogens with one attached hydrogen (secondary N) is 5. The first kappa shape index (κ1) is 99.0. The number of aliphatic hydroxyl groups excluding tert-OH is 4. The van der Waals surface area contributed by atoms with Crippen LogP contribution in [0.1, 0.15) is 217 Å². The van der Waals surface area contributed by atoms with Gasteiger partial charge in [-0.25, -0.2) is 24.9 Å². The molecule has 4 aliphatic rings. The van der Waals surface area contributed by atoms with Gasteiger partial charge in [-0.05, 0) is 186 Å². The summed E-state index contributed by atoms with van der Waals surface area (Å²) in [5.41, 5.74) is 32.4. The molecule has 4 amide bonds. The van der Waals surface area contributed by atoms with Crippen LogP contribution in [0, 0.1) is 23.7 Å². The van der Waals surface area contributed by atoms with Crippen LogP contribution in [0.15, 0.2) is 24.8 Å². The Morgan fingerprint density at radius 2 is 0.786 bits per heavy atom. The number of anilines is 5. The number of hydrogen-bond acceptors (Lipinski definition) is 26. The van der Waals surface area contributed by atoms with Crippen molar-refractivity contribution in [3.05, 3.63) is 62.8 Å². The minimum atomic E-state index is -0.674. The first-order valence-electron chi connectivity index (χ1n) is 31.0. The van der Waals surface area contributed by atoms with E-state index < -0.39 is 23.6 Å². The van der Waals surface area contributed by atoms with E-state index >= 15 is 0 Å². The topological polar surface area (TPSA) is 518 Å². The van der Waals surface area contributed by atoms with Gasteiger partial charge in [0.1, 0.15) is 22.6 Å². The second kappa shape index (κ2) is 48.0. The molecule has 0 saturated heterocycles. The van der Waals surface area contributed by atoms with Crippen molar-refractivity contribution in [3.8, 4) is 0 Å². The van der Waals surface area contributed by atoms with Gasteiger partial charge in [0.2, 0.25) is 22.5 Å². The van der Waals surface area contributed by atoms with Crippen LogP contribution in [0.25, 0.3) is 0 Å². The maximum absolute atomic E-state index is 11.6. The Kier molecular flexibility index (Phi) is 48.5. The molecular formula is C62H107Cl4K2N19O11. The molecule has 21 N–H and O–H groups in total. The molecule has 4 heterocycles. The second-order valence-corrected chi connectivity index (χ2v) is 28.2. The van der Waals surface area contributed by atoms with Gasteiger partial charge in [0.15, 0.2) is 0 Å². The molecule has 0 spiro atoms. The van der Waals surface area contributed by atoms with Gasteiger partial charge in [0.05, 0.1) is 46.7 Å². The minimum Gasteiger partial charge on any atom is -1.00 e. The van der Waals surface area contributed by atoms with Crippen LogP contribution in [-0.2, 0) is 9.68 Å². The van der Waals surface area contributed by atoms with E-state index in [-0.39, 0.29) is 234 Å². The van der Waals surface area contributed by atoms with Gasteiger partial charge in [-0.2, -0.15) is 15.0 Å². The van der Waals surface area contributed by atoms with E-state index in [0.29, 0.717) is 72.3 Å². The molecule has 4 fully saturated rings. The number of hydrogen-bond donors (Lipinski definition) is 15. The van der Waals surface area contributed by atoms with Crippen molar-refractivity contribution >= 4 is 107 Å². The first-order chi connectivity index (χ1) is 43.5. The summed E-state index contributed by atoms with van der Waals surface area (Å²) in [7, 11) is 0. The fraction of sp³-hybridized carbons (Fsp3) is 0.661. The number of primary amides is 4. The number of carbonyl (C=O) groups is 5. The molecule has 4 aromatic heterocycles. The minimum absolute atomic E-state index is 0. The average Bonchev–Trinajstić information content (AvgIpc) is 0.836. The summed E-state index contributed by atoms with van der Waals surface area (Å²) in [5, 5.41) is 63.6. The third kappa shape index (κ3) is 40.0. The van der Waals surface area contributed by atoms with Crippen molar-refractivity contribution < 1.29 is 159 Å². The zero-order valence-corrected chi connectivity index (χ0v) is 67.9. The molecule has 4 aliphatic carbocycles. The summed E-state index contributed by atoms with van der Waals surface area (Å²) >= 11 is 16.6. The van der Waals surface area contributed by atoms with E-state index in [1.54, 1.807) is 0 Å². The fourth-order valence-electron chi connectivity index (χ4n) is 9.49. The summed E-state index contributed by atoms with van der Waals surface area (Å²) in [4.78, 5) is 88.2. The molecule has 98 heavy (non-hydrogen) atoms. The second-order valence-electron chi connectivity index (χ2n) is 27.1. The molecule has 546 valence electrons. The Morgan fingerprint density at radius 1 is 0.520 bits per heavy atom. The van der Waals surface area contributed by atoms with Crippen LogP contribution >= 0.6 is 47.2 Å². The Morgan fingerprint density at radius 3 is 1.04 bits per heavy atom. The predicted molar refractivity (Wildman–Crippen MR) is 376 cm³/mol. The molecule has 4 saturated carbocycles. The smallest absolute Gasteiger partial charge is 1.00 e. The van der Waals surface area contributed by atoms with Crippen molar-refractivity contribution in [1.29, 1.82) is 0 Å². The normalized spacial score (nSPS) is 23.0. The van der Waals surface area contributed by atoms with E-state index in [1.165, 1.54) is 24.8 Å². The van der Waals surface area contributed by atoms with Crippen LogP contribution in [0.4, 0.5) is 29.4 Å². The van der Waals surface area contributed by atoms with Gasteiger partial charge < -0.3 is 93.0 Å². The molecule has 0 aromatic carbocycles. The van der Waals surface area contributed by atoms with Crippen molar-refractivity contribution in [1.82, 2.24) is 39.9 Å². The Labute approximate surface area is 684 Å². The fourth-order valence-corrected chi connectivity index (χ4v) is 10.0. The standard InChI is InChI=1S/2C16H27N5O2.C12H17ClN4O2.C7H15NO.C5H3Cl2N3O.C4H11N.CH2O3.CH4.ClH.2K.H/c2*1-9-5-6-10(7-12(9)22)19-14-11(13(17)23)8-18-15(20-14)21-16(2,3)4;1-6-2-3-7(4-9(6)18)16-11-8(10(14)19)5-15-12(13)17-11;1-5-2-3-6(8)4-7(5)9;6-3-2(4(8)11)1-9-5(7)10-3;1-4(2,3)5;2-1-4-3;;;;;/h2*8-10,12,22H,5-7H2,1-4H3,(H2,17,23)(H2,18,19,20,21);5-7,9,18H,2-4H2,1H3,(H2,14,19)(H,15,16,17);5-7,9H,2-4,8H2,1H3;1H,(H2,8,11);5H2,1-3H3;1,3H;1H4;1H;;;/q;;;;;;;;;2*+1;-1/p-1/t2*9-,10-,12-;6-,7-,9-;5-,6-,7-;;;;;;;;/m1111......../s1. The average molecular weight is 1510 g/mol. The number of rotatable bonds is 13. The van der Waals surface area contributed by atoms with Gasteiger partial charge in [-0.15, -0.1) is 12.4 Å². The number of amides is 4. The largest absolute Gasteiger partial charge is 1.00 e. The van der Waals surface area contributed by atoms with Gasteiger partial charge in [0.25, 0.3) is 30.1 Å². The van der Waals surface area contributed by atoms with Crippen molar-refractivity contribution in [2.45, 2.75) is 240 Å². The molecular weight excluding hydrogens is 1410 g/mol. The quantitative estimate of drug-likeness (QED) is 0.0215. The van der Waals surface area contributed by atoms with E-state index in [0.717, 1.165) is 57.8 Å². The molecule has 0 unspecified atom stereocenters. The number of nitrogens with zero attached hydrogens (tertiary/aromatic N) is 8. The van der Waals surface area contributed by atoms with Crippen LogP contribution < -0.4 is 169 Å². The van der Waals surface area contributed by atoms with Gasteiger partial charge in [-0.3, -0.25) is 24.0 Å². The maximum atomic E-state index is 11.6. The Balaban J connectivity index is -0.000000561. The number of aromatic nitrogens is 8. The first-order valence-corrected chi connectivity index (χ1v) is 32.1. The summed E-state index contributed by atoms with van der Waals surface area (Å²) in [6, 6.07) is 0.430. The zero-order valence-electron chi connectivity index (χ0n) is 59.5. The van der Waals surface area contributed by atoms with Crippen LogP contribution in [0.2, 0.25) is 15.7 Å². The summed E-state index contributed by atoms with van der Waals surface area (Å²) < 4.78 is 0. The Hall–Kier alpha value is -3.18. The molecule has 0 bridgehead atoms. The monoisotopic (exact) mass is 1510 g/mol. The molecule has 36 heteroatoms. The SMILES string of the molecule is C.CC(C)(C)N.C[C@@H]1CC[C@@H](N)C[C@H]1O.C[C@@H]1CC[C@@H](Nc2nc(Cl)ncc2C(N)=O)C[C@H]1O.C[C@@H]1CC[C@@H](Nc2nc(NC(C)(C)C)ncc2C(N)=O)C[C@H]1O.C[C@@H]1CC[C@@H](Nc2nc(NC(C)(C)C)ncc2C(N)=O)C[C@H]1O.Cl.NC(=O)c1cnc(Cl)nc1Cl.O=CO[O-].[H-].[K+].[K+]. The van der Waals surface area contributed by atoms with Crippen LogP contribution in [0.5, 0.6) is 0 Å². The molecule has 4 aromatic rings. The van der Waals surface area contributed by atoms with Crippen molar-refractivity contribution in [3.63, 3.8) is 0 Å². The number of halogens is 4. The van der Waals surface area contributed by atoms with Gasteiger partial charge in [0, 0.05) is 65.6 Å². The van der Waals surface area contributed by atoms with Crippen LogP contribution in [-0.4, -0.2) is 156 Å². The molecule has 8 rings (SSSR count). The Bertz CT molecular complexity index is 2950. The van der Waals surface area contributed by atoms with E-state index in [4.69, 9.17) is 79.3 Å². The summed E-state index contributed by atoms with van der Waals surface area (Å²) in [6.07, 6.45) is 14.6. The van der Waals surface area contributed by atoms with E-state index in [2.05, 4.69) is 78.3 Å². The summed E-state index contributed by atoms with van der Waals surface area (Å²) in [6.45, 7) is 25.9. The van der Waals surface area contributed by atoms with Crippen molar-refractivity contribution in [2.24, 2.45) is 58.1 Å². The molecule has 0 radical (unpaired) electrons. The van der Waals surface area contributed by atoms with Gasteiger partial charge >= 0.3 is 103 Å². The third-order valence-electron chi connectivity index (χ3n) is 14.8. The number of aliphatic hydroxyl groups is 4. The predicted octanol–water partition coefficient (Wildman–Crippen LogP) is 0.418. The molecule has 30 nitrogen and oxygen atoms in total. The number of carbonyl (C=O) groups excluding carboxylic acids is 5. The third-order valence-corrected chi connectivity index (χ3v) is 15.5. The van der Waals surface area contributed by atoms with E-state index in [1.807, 2.05) is 83.1 Å². The molecule has 0 aliphatic heterocycles. The van der Waals surface area contributed by atoms with Crippen LogP contribution in [0.3, 0.4) is 0 Å². The zero-order chi connectivity index (χ0) is 71.6.